The zero-order chi connectivity index (χ0) is 20.8. The summed E-state index contributed by atoms with van der Waals surface area (Å²) in [7, 11) is 0. The maximum atomic E-state index is 13.2. The molecule has 2 saturated carbocycles. The number of nitrogens with one attached hydrogen (secondary N) is 2. The molecule has 0 aromatic carbocycles. The summed E-state index contributed by atoms with van der Waals surface area (Å²) in [4.78, 5) is 29.3. The first-order valence-corrected chi connectivity index (χ1v) is 11.0. The Hall–Kier alpha value is -2.15. The van der Waals surface area contributed by atoms with Crippen molar-refractivity contribution in [1.29, 1.82) is 0 Å². The van der Waals surface area contributed by atoms with E-state index in [0.717, 1.165) is 17.9 Å². The second-order valence-corrected chi connectivity index (χ2v) is 8.75. The minimum absolute atomic E-state index is 0.00280. The van der Waals surface area contributed by atoms with Gasteiger partial charge in [-0.1, -0.05) is 38.2 Å². The van der Waals surface area contributed by atoms with Gasteiger partial charge < -0.3 is 22.1 Å². The van der Waals surface area contributed by atoms with Crippen LogP contribution in [0.3, 0.4) is 0 Å². The highest BCUT2D eigenvalue weighted by Crippen LogP contribution is 2.46. The monoisotopic (exact) mass is 401 g/mol. The van der Waals surface area contributed by atoms with Crippen molar-refractivity contribution in [2.75, 3.05) is 12.3 Å². The molecule has 0 bridgehead atoms. The Labute approximate surface area is 173 Å². The Balaban J connectivity index is 1.69. The summed E-state index contributed by atoms with van der Waals surface area (Å²) in [5.74, 6) is 1.64. The largest absolute Gasteiger partial charge is 0.384 e. The fraction of sp³-hybridized carbons (Fsp3) is 0.682. The minimum Gasteiger partial charge on any atom is -0.384 e. The van der Waals surface area contributed by atoms with Crippen molar-refractivity contribution in [2.45, 2.75) is 64.5 Å². The van der Waals surface area contributed by atoms with Crippen LogP contribution in [-0.4, -0.2) is 29.4 Å². The molecule has 0 saturated heterocycles. The third-order valence-electron chi connectivity index (χ3n) is 6.71. The van der Waals surface area contributed by atoms with Crippen LogP contribution in [0.5, 0.6) is 0 Å². The van der Waals surface area contributed by atoms with Crippen LogP contribution in [0.25, 0.3) is 0 Å². The van der Waals surface area contributed by atoms with E-state index in [1.165, 1.54) is 38.5 Å². The van der Waals surface area contributed by atoms with Gasteiger partial charge in [0.1, 0.15) is 5.82 Å². The Morgan fingerprint density at radius 3 is 2.59 bits per heavy atom. The number of rotatable bonds is 7. The topological polar surface area (TPSA) is 123 Å². The third-order valence-corrected chi connectivity index (χ3v) is 6.71. The summed E-state index contributed by atoms with van der Waals surface area (Å²) in [6.07, 6.45) is 10.2. The lowest BCUT2D eigenvalue weighted by molar-refractivity contribution is -0.129. The molecular formula is C22H35N5O2. The normalized spacial score (nSPS) is 26.1. The quantitative estimate of drug-likeness (QED) is 0.556. The molecule has 1 aromatic rings. The molecule has 0 aliphatic heterocycles. The van der Waals surface area contributed by atoms with Crippen molar-refractivity contribution in [3.05, 3.63) is 23.9 Å². The molecule has 3 rings (SSSR count). The number of aromatic nitrogens is 1. The van der Waals surface area contributed by atoms with E-state index < -0.39 is 6.04 Å². The number of nitrogens with two attached hydrogens (primary N) is 2. The van der Waals surface area contributed by atoms with Crippen molar-refractivity contribution in [3.63, 3.8) is 0 Å². The van der Waals surface area contributed by atoms with Gasteiger partial charge in [0.15, 0.2) is 0 Å². The van der Waals surface area contributed by atoms with E-state index in [-0.39, 0.29) is 17.7 Å². The number of nitrogen functional groups attached to an aromatic ring is 1. The average Bonchev–Trinajstić information content (AvgIpc) is 2.73. The van der Waals surface area contributed by atoms with Gasteiger partial charge in [0.25, 0.3) is 0 Å². The molecular weight excluding hydrogens is 366 g/mol. The first-order chi connectivity index (χ1) is 14.0. The van der Waals surface area contributed by atoms with Crippen LogP contribution in [0.1, 0.15) is 57.4 Å². The van der Waals surface area contributed by atoms with Crippen LogP contribution in [0, 0.1) is 23.7 Å². The Kier molecular flexibility index (Phi) is 7.47. The zero-order valence-electron chi connectivity index (χ0n) is 17.4. The van der Waals surface area contributed by atoms with Crippen molar-refractivity contribution >= 4 is 17.6 Å². The Morgan fingerprint density at radius 1 is 1.10 bits per heavy atom. The van der Waals surface area contributed by atoms with Gasteiger partial charge >= 0.3 is 0 Å². The maximum absolute atomic E-state index is 13.2. The summed E-state index contributed by atoms with van der Waals surface area (Å²) in [5, 5.41) is 5.97. The molecule has 5 atom stereocenters. The van der Waals surface area contributed by atoms with Crippen LogP contribution < -0.4 is 22.1 Å². The summed E-state index contributed by atoms with van der Waals surface area (Å²) < 4.78 is 0. The number of pyridine rings is 1. The summed E-state index contributed by atoms with van der Waals surface area (Å²) in [6.45, 7) is 2.42. The van der Waals surface area contributed by atoms with Gasteiger partial charge in [-0.25, -0.2) is 4.98 Å². The molecule has 29 heavy (non-hydrogen) atoms. The fourth-order valence-corrected chi connectivity index (χ4v) is 5.16. The predicted octanol–water partition coefficient (Wildman–Crippen LogP) is 1.97. The first kappa shape index (κ1) is 21.6. The molecule has 0 radical (unpaired) electrons. The lowest BCUT2D eigenvalue weighted by atomic mass is 9.62. The van der Waals surface area contributed by atoms with Gasteiger partial charge in [-0.15, -0.1) is 0 Å². The van der Waals surface area contributed by atoms with Gasteiger partial charge in [0.2, 0.25) is 11.8 Å². The molecule has 1 aromatic heterocycles. The first-order valence-electron chi connectivity index (χ1n) is 11.0. The number of nitrogens with zero attached hydrogens (tertiary/aromatic N) is 1. The molecule has 6 N–H and O–H groups in total. The van der Waals surface area contributed by atoms with Gasteiger partial charge in [-0.2, -0.15) is 0 Å². The molecule has 7 heteroatoms. The van der Waals surface area contributed by atoms with Gasteiger partial charge in [-0.05, 0) is 49.1 Å². The second kappa shape index (κ2) is 10.1. The van der Waals surface area contributed by atoms with E-state index in [1.54, 1.807) is 19.2 Å². The molecule has 160 valence electrons. The van der Waals surface area contributed by atoms with Crippen LogP contribution in [0.2, 0.25) is 0 Å². The number of carbonyl (C=O) groups is 2. The highest BCUT2D eigenvalue weighted by molar-refractivity contribution is 5.83. The smallest absolute Gasteiger partial charge is 0.236 e. The Morgan fingerprint density at radius 2 is 1.86 bits per heavy atom. The second-order valence-electron chi connectivity index (χ2n) is 8.75. The van der Waals surface area contributed by atoms with E-state index in [9.17, 15) is 9.59 Å². The molecule has 3 unspecified atom stereocenters. The maximum Gasteiger partial charge on any atom is 0.236 e. The number of hydrogen-bond acceptors (Lipinski definition) is 5. The highest BCUT2D eigenvalue weighted by Gasteiger charge is 2.41. The fourth-order valence-electron chi connectivity index (χ4n) is 5.16. The molecule has 2 aliphatic carbocycles. The molecule has 2 amide bonds. The van der Waals surface area contributed by atoms with E-state index in [1.807, 2.05) is 6.07 Å². The molecule has 0 spiro atoms. The van der Waals surface area contributed by atoms with Crippen LogP contribution >= 0.6 is 0 Å². The molecule has 2 aliphatic rings. The van der Waals surface area contributed by atoms with Gasteiger partial charge in [0.05, 0.1) is 12.0 Å². The van der Waals surface area contributed by atoms with E-state index >= 15 is 0 Å². The number of hydrogen-bond donors (Lipinski definition) is 4. The predicted molar refractivity (Wildman–Crippen MR) is 113 cm³/mol. The SMILES string of the molecule is C[C@@H](N)C(=O)NC[C@H](C(=O)NCc1ccc(N)nc1)C1CCCC2CCCCC21. The minimum atomic E-state index is -0.576. The number of carbonyl (C=O) groups excluding carboxylic acids is 2. The highest BCUT2D eigenvalue weighted by atomic mass is 16.2. The third kappa shape index (κ3) is 5.69. The molecule has 7 nitrogen and oxygen atoms in total. The van der Waals surface area contributed by atoms with E-state index in [0.29, 0.717) is 30.7 Å². The van der Waals surface area contributed by atoms with Gasteiger partial charge in [0, 0.05) is 19.3 Å². The van der Waals surface area contributed by atoms with Crippen molar-refractivity contribution < 1.29 is 9.59 Å². The number of fused-ring (bicyclic) bond motifs is 1. The van der Waals surface area contributed by atoms with Gasteiger partial charge in [-0.3, -0.25) is 9.59 Å². The number of anilines is 1. The lowest BCUT2D eigenvalue weighted by Gasteiger charge is -2.44. The molecule has 1 heterocycles. The zero-order valence-corrected chi connectivity index (χ0v) is 17.4. The summed E-state index contributed by atoms with van der Waals surface area (Å²) in [5.41, 5.74) is 12.2. The van der Waals surface area contributed by atoms with Crippen molar-refractivity contribution in [3.8, 4) is 0 Å². The molecule has 2 fully saturated rings. The van der Waals surface area contributed by atoms with E-state index in [4.69, 9.17) is 11.5 Å². The Bertz CT molecular complexity index is 689. The van der Waals surface area contributed by atoms with Crippen LogP contribution in [0.4, 0.5) is 5.82 Å². The van der Waals surface area contributed by atoms with Crippen LogP contribution in [0.15, 0.2) is 18.3 Å². The standard InChI is InChI=1S/C22H35N5O2/c1-14(23)21(28)27-13-19(18-8-4-6-16-5-2-3-7-17(16)18)22(29)26-12-15-9-10-20(24)25-11-15/h9-11,14,16-19H,2-8,12-13,23H2,1H3,(H2,24,25)(H,26,29)(H,27,28)/t14-,16?,17?,18?,19+/m1/s1. The number of amides is 2. The van der Waals surface area contributed by atoms with Crippen molar-refractivity contribution in [2.24, 2.45) is 29.4 Å². The average molecular weight is 402 g/mol. The van der Waals surface area contributed by atoms with E-state index in [2.05, 4.69) is 15.6 Å². The lowest BCUT2D eigenvalue weighted by Crippen LogP contribution is -2.49. The summed E-state index contributed by atoms with van der Waals surface area (Å²) >= 11 is 0. The van der Waals surface area contributed by atoms with Crippen LogP contribution in [-0.2, 0) is 16.1 Å². The van der Waals surface area contributed by atoms with Crippen molar-refractivity contribution in [1.82, 2.24) is 15.6 Å². The summed E-state index contributed by atoms with van der Waals surface area (Å²) in [6, 6.07) is 3.02.